The molecule has 2 aliphatic heterocycles. The third kappa shape index (κ3) is 10.7. The molecule has 0 radical (unpaired) electrons. The van der Waals surface area contributed by atoms with Crippen LogP contribution in [0.1, 0.15) is 48.5 Å². The predicted octanol–water partition coefficient (Wildman–Crippen LogP) is -1.40. The molecule has 248 valence electrons. The highest BCUT2D eigenvalue weighted by Crippen LogP contribution is 2.34. The van der Waals surface area contributed by atoms with Crippen LogP contribution < -0.4 is 0 Å². The zero-order valence-corrected chi connectivity index (χ0v) is 25.1. The lowest BCUT2D eigenvalue weighted by Gasteiger charge is -2.48. The van der Waals surface area contributed by atoms with Crippen LogP contribution in [0.5, 0.6) is 0 Å². The van der Waals surface area contributed by atoms with Crippen LogP contribution in [0.3, 0.4) is 0 Å². The Balaban J connectivity index is 2.66. The van der Waals surface area contributed by atoms with Crippen molar-refractivity contribution in [3.05, 3.63) is 0 Å². The van der Waals surface area contributed by atoms with Gasteiger partial charge in [-0.05, 0) is 0 Å². The maximum atomic E-state index is 12.2. The molecule has 18 heteroatoms. The van der Waals surface area contributed by atoms with E-state index in [9.17, 15) is 38.7 Å². The average Bonchev–Trinajstić information content (AvgIpc) is 2.87. The molecule has 2 aliphatic rings. The number of rotatable bonds is 11. The molecule has 18 nitrogen and oxygen atoms in total. The summed E-state index contributed by atoms with van der Waals surface area (Å²) in [7, 11) is 0. The first-order valence-electron chi connectivity index (χ1n) is 13.3. The second kappa shape index (κ2) is 16.3. The first kappa shape index (κ1) is 36.3. The zero-order valence-electron chi connectivity index (χ0n) is 25.1. The lowest BCUT2D eigenvalue weighted by molar-refractivity contribution is -0.357. The van der Waals surface area contributed by atoms with Crippen LogP contribution in [0.15, 0.2) is 0 Å². The molecule has 10 atom stereocenters. The largest absolute Gasteiger partial charge is 0.463 e. The van der Waals surface area contributed by atoms with Gasteiger partial charge < -0.3 is 52.5 Å². The number of carbonyl (C=O) groups is 7. The van der Waals surface area contributed by atoms with E-state index in [2.05, 4.69) is 0 Å². The minimum Gasteiger partial charge on any atom is -0.463 e. The van der Waals surface area contributed by atoms with E-state index in [1.165, 1.54) is 0 Å². The fraction of sp³-hybridized carbons (Fsp3) is 0.731. The van der Waals surface area contributed by atoms with Gasteiger partial charge in [0.15, 0.2) is 43.1 Å². The fourth-order valence-corrected chi connectivity index (χ4v) is 4.49. The third-order valence-corrected chi connectivity index (χ3v) is 5.90. The molecule has 4 unspecified atom stereocenters. The second-order valence-electron chi connectivity index (χ2n) is 9.68. The minimum absolute atomic E-state index is 0.572. The van der Waals surface area contributed by atoms with E-state index >= 15 is 0 Å². The molecule has 0 aromatic heterocycles. The molecule has 0 spiro atoms. The van der Waals surface area contributed by atoms with Crippen molar-refractivity contribution in [1.82, 2.24) is 0 Å². The highest BCUT2D eigenvalue weighted by atomic mass is 16.8. The molecule has 2 rings (SSSR count). The van der Waals surface area contributed by atoms with Gasteiger partial charge in [-0.2, -0.15) is 0 Å². The molecule has 0 bridgehead atoms. The van der Waals surface area contributed by atoms with E-state index in [4.69, 9.17) is 47.4 Å². The fourth-order valence-electron chi connectivity index (χ4n) is 4.49. The Morgan fingerprint density at radius 3 is 1.27 bits per heavy atom. The lowest BCUT2D eigenvalue weighted by Crippen LogP contribution is -2.67. The number of carbonyl (C=O) groups excluding carboxylic acids is 7. The molecule has 0 saturated carbocycles. The van der Waals surface area contributed by atoms with Crippen molar-refractivity contribution in [2.45, 2.75) is 110 Å². The van der Waals surface area contributed by atoms with Crippen LogP contribution in [0.25, 0.3) is 0 Å². The first-order chi connectivity index (χ1) is 20.5. The number of hydrogen-bond acceptors (Lipinski definition) is 18. The van der Waals surface area contributed by atoms with Crippen molar-refractivity contribution in [1.29, 1.82) is 0 Å². The zero-order chi connectivity index (χ0) is 33.3. The number of aliphatic hydroxyl groups is 1. The maximum Gasteiger partial charge on any atom is 0.303 e. The van der Waals surface area contributed by atoms with Gasteiger partial charge in [-0.15, -0.1) is 0 Å². The van der Waals surface area contributed by atoms with Crippen LogP contribution >= 0.6 is 0 Å². The lowest BCUT2D eigenvalue weighted by atomic mass is 9.96. The Morgan fingerprint density at radius 1 is 0.477 bits per heavy atom. The van der Waals surface area contributed by atoms with Gasteiger partial charge in [0.2, 0.25) is 0 Å². The first-order valence-corrected chi connectivity index (χ1v) is 13.3. The van der Waals surface area contributed by atoms with Crippen molar-refractivity contribution in [2.24, 2.45) is 0 Å². The van der Waals surface area contributed by atoms with E-state index in [-0.39, 0.29) is 0 Å². The van der Waals surface area contributed by atoms with Gasteiger partial charge in [-0.3, -0.25) is 33.6 Å². The standard InChI is InChI=1S/C26H36O18/c1-10(27)35-8-17-20(21(38-13(4)30)23(25(34)42-17)40-15(6)32)44-26-24(41-16(7)33)22(39-14(5)31)19(37-12(3)29)18(43-26)9-36-11(2)28/h17-26,34H,8-9H2,1-7H3/t17?,18?,19-,20+,21-,22-,23?,24?,25-,26+/m1/s1. The third-order valence-electron chi connectivity index (χ3n) is 5.90. The number of ether oxygens (including phenoxy) is 10. The van der Waals surface area contributed by atoms with E-state index in [0.717, 1.165) is 48.5 Å². The Kier molecular flexibility index (Phi) is 13.4. The van der Waals surface area contributed by atoms with Crippen LogP contribution in [0.4, 0.5) is 0 Å². The van der Waals surface area contributed by atoms with E-state index < -0.39 is 116 Å². The van der Waals surface area contributed by atoms with Crippen LogP contribution in [-0.2, 0) is 80.9 Å². The van der Waals surface area contributed by atoms with Gasteiger partial charge >= 0.3 is 41.8 Å². The molecular formula is C26H36O18. The van der Waals surface area contributed by atoms with Crippen molar-refractivity contribution in [3.8, 4) is 0 Å². The molecule has 0 aromatic carbocycles. The molecule has 44 heavy (non-hydrogen) atoms. The van der Waals surface area contributed by atoms with Gasteiger partial charge in [0.05, 0.1) is 0 Å². The normalized spacial score (nSPS) is 31.5. The number of aliphatic hydroxyl groups excluding tert-OH is 1. The SMILES string of the molecule is CC(=O)OCC1O[C@@H](O[C@H]2C(COC(C)=O)O[C@@H](O)C(OC(C)=O)[C@@H]2OC(C)=O)C(OC(C)=O)[C@H](OC(C)=O)[C@@H]1OC(C)=O. The topological polar surface area (TPSA) is 232 Å². The molecule has 2 saturated heterocycles. The Morgan fingerprint density at radius 2 is 0.841 bits per heavy atom. The monoisotopic (exact) mass is 636 g/mol. The van der Waals surface area contributed by atoms with Crippen LogP contribution in [0.2, 0.25) is 0 Å². The smallest absolute Gasteiger partial charge is 0.303 e. The predicted molar refractivity (Wildman–Crippen MR) is 135 cm³/mol. The van der Waals surface area contributed by atoms with Crippen LogP contribution in [0, 0.1) is 0 Å². The number of hydrogen-bond donors (Lipinski definition) is 1. The summed E-state index contributed by atoms with van der Waals surface area (Å²) >= 11 is 0. The average molecular weight is 637 g/mol. The van der Waals surface area contributed by atoms with Crippen molar-refractivity contribution >= 4 is 41.8 Å². The highest BCUT2D eigenvalue weighted by Gasteiger charge is 2.57. The van der Waals surface area contributed by atoms with E-state index in [1.54, 1.807) is 0 Å². The van der Waals surface area contributed by atoms with Gasteiger partial charge in [0.1, 0.15) is 31.5 Å². The minimum atomic E-state index is -1.90. The van der Waals surface area contributed by atoms with Crippen LogP contribution in [-0.4, -0.2) is 122 Å². The summed E-state index contributed by atoms with van der Waals surface area (Å²) < 4.78 is 54.1. The summed E-state index contributed by atoms with van der Waals surface area (Å²) in [6.07, 6.45) is -16.3. The molecule has 2 heterocycles. The van der Waals surface area contributed by atoms with Crippen molar-refractivity contribution in [2.75, 3.05) is 13.2 Å². The Bertz CT molecular complexity index is 1090. The second-order valence-corrected chi connectivity index (χ2v) is 9.68. The summed E-state index contributed by atoms with van der Waals surface area (Å²) in [6, 6.07) is 0. The van der Waals surface area contributed by atoms with E-state index in [1.807, 2.05) is 0 Å². The quantitative estimate of drug-likeness (QED) is 0.203. The summed E-state index contributed by atoms with van der Waals surface area (Å²) in [6.45, 7) is 6.11. The summed E-state index contributed by atoms with van der Waals surface area (Å²) in [5, 5.41) is 10.6. The summed E-state index contributed by atoms with van der Waals surface area (Å²) in [4.78, 5) is 83.5. The van der Waals surface area contributed by atoms with Gasteiger partial charge in [-0.1, -0.05) is 0 Å². The van der Waals surface area contributed by atoms with Gasteiger partial charge in [0.25, 0.3) is 0 Å². The Labute approximate surface area is 251 Å². The number of esters is 7. The maximum absolute atomic E-state index is 12.2. The van der Waals surface area contributed by atoms with Gasteiger partial charge in [-0.25, -0.2) is 0 Å². The molecular weight excluding hydrogens is 600 g/mol. The molecule has 2 fully saturated rings. The molecule has 0 aliphatic carbocycles. The van der Waals surface area contributed by atoms with Crippen molar-refractivity contribution in [3.63, 3.8) is 0 Å². The van der Waals surface area contributed by atoms with Gasteiger partial charge in [0, 0.05) is 48.5 Å². The highest BCUT2D eigenvalue weighted by molar-refractivity contribution is 5.69. The molecule has 1 N–H and O–H groups in total. The van der Waals surface area contributed by atoms with Crippen molar-refractivity contribution < 1.29 is 86.0 Å². The summed E-state index contributed by atoms with van der Waals surface area (Å²) in [5.41, 5.74) is 0. The molecule has 0 amide bonds. The Hall–Kier alpha value is -3.87. The molecule has 0 aromatic rings. The summed E-state index contributed by atoms with van der Waals surface area (Å²) in [5.74, 6) is -6.03. The van der Waals surface area contributed by atoms with E-state index in [0.29, 0.717) is 0 Å².